The zero-order valence-electron chi connectivity index (χ0n) is 21.1. The standard InChI is InChI=1S/C34H30O3/c1-3-29(33(27-21-13-7-14-22-27)31(36-33)25-17-9-5-10-18-25)35-30(4-2)34(28-23-15-8-16-24-28)32(37-34)26-19-11-6-12-20-26/h3-24,31-32H,1-2H3/b29-3-,30-4-. The molecule has 37 heavy (non-hydrogen) atoms. The number of allylic oxidation sites excluding steroid dienone is 2. The van der Waals surface area contributed by atoms with Gasteiger partial charge in [0.25, 0.3) is 0 Å². The molecule has 2 heterocycles. The summed E-state index contributed by atoms with van der Waals surface area (Å²) in [4.78, 5) is 0. The second-order valence-electron chi connectivity index (χ2n) is 9.43. The van der Waals surface area contributed by atoms with Gasteiger partial charge < -0.3 is 14.2 Å². The minimum Gasteiger partial charge on any atom is -0.460 e. The molecule has 0 aromatic heterocycles. The Bertz CT molecular complexity index is 1300. The molecule has 0 amide bonds. The minimum absolute atomic E-state index is 0.141. The summed E-state index contributed by atoms with van der Waals surface area (Å²) in [6, 6.07) is 41.4. The first-order valence-electron chi connectivity index (χ1n) is 12.8. The van der Waals surface area contributed by atoms with E-state index in [1.165, 1.54) is 0 Å². The first-order chi connectivity index (χ1) is 18.2. The lowest BCUT2D eigenvalue weighted by atomic mass is 9.88. The highest BCUT2D eigenvalue weighted by Gasteiger charge is 2.66. The monoisotopic (exact) mass is 486 g/mol. The van der Waals surface area contributed by atoms with Gasteiger partial charge in [0.05, 0.1) is 0 Å². The van der Waals surface area contributed by atoms with Crippen molar-refractivity contribution in [1.29, 1.82) is 0 Å². The smallest absolute Gasteiger partial charge is 0.181 e. The Balaban J connectivity index is 1.40. The average Bonchev–Trinajstić information content (AvgIpc) is 3.90. The maximum Gasteiger partial charge on any atom is 0.181 e. The van der Waals surface area contributed by atoms with Crippen LogP contribution in [0.1, 0.15) is 48.3 Å². The molecule has 2 aliphatic rings. The molecule has 4 aromatic rings. The topological polar surface area (TPSA) is 34.3 Å². The molecule has 3 heteroatoms. The van der Waals surface area contributed by atoms with Crippen molar-refractivity contribution in [2.75, 3.05) is 0 Å². The van der Waals surface area contributed by atoms with Gasteiger partial charge in [0.2, 0.25) is 0 Å². The second-order valence-corrected chi connectivity index (χ2v) is 9.43. The van der Waals surface area contributed by atoms with Crippen molar-refractivity contribution in [1.82, 2.24) is 0 Å². The molecule has 4 atom stereocenters. The summed E-state index contributed by atoms with van der Waals surface area (Å²) >= 11 is 0. The van der Waals surface area contributed by atoms with E-state index in [0.29, 0.717) is 0 Å². The molecule has 2 fully saturated rings. The van der Waals surface area contributed by atoms with Crippen molar-refractivity contribution < 1.29 is 14.2 Å². The third-order valence-electron chi connectivity index (χ3n) is 7.32. The average molecular weight is 487 g/mol. The molecule has 0 aliphatic carbocycles. The fraction of sp³-hybridized carbons (Fsp3) is 0.176. The van der Waals surface area contributed by atoms with E-state index < -0.39 is 11.2 Å². The van der Waals surface area contributed by atoms with Crippen LogP contribution in [0.3, 0.4) is 0 Å². The predicted octanol–water partition coefficient (Wildman–Crippen LogP) is 8.14. The molecule has 0 spiro atoms. The van der Waals surface area contributed by atoms with E-state index in [4.69, 9.17) is 14.2 Å². The fourth-order valence-corrected chi connectivity index (χ4v) is 5.45. The molecule has 4 unspecified atom stereocenters. The van der Waals surface area contributed by atoms with Crippen LogP contribution in [-0.2, 0) is 25.4 Å². The van der Waals surface area contributed by atoms with E-state index in [2.05, 4.69) is 48.5 Å². The zero-order valence-corrected chi connectivity index (χ0v) is 21.1. The van der Waals surface area contributed by atoms with E-state index in [9.17, 15) is 0 Å². The Morgan fingerprint density at radius 3 is 1.19 bits per heavy atom. The number of epoxide rings is 2. The van der Waals surface area contributed by atoms with Gasteiger partial charge in [-0.1, -0.05) is 121 Å². The maximum absolute atomic E-state index is 6.89. The van der Waals surface area contributed by atoms with Gasteiger partial charge in [-0.15, -0.1) is 0 Å². The Morgan fingerprint density at radius 2 is 0.865 bits per heavy atom. The Labute approximate surface area is 218 Å². The van der Waals surface area contributed by atoms with Crippen molar-refractivity contribution in [3.63, 3.8) is 0 Å². The van der Waals surface area contributed by atoms with Gasteiger partial charge in [-0.05, 0) is 48.3 Å². The van der Waals surface area contributed by atoms with Crippen LogP contribution in [-0.4, -0.2) is 0 Å². The third kappa shape index (κ3) is 3.92. The number of ether oxygens (including phenoxy) is 3. The van der Waals surface area contributed by atoms with Crippen LogP contribution in [0.25, 0.3) is 0 Å². The second kappa shape index (κ2) is 9.51. The number of hydrogen-bond acceptors (Lipinski definition) is 3. The summed E-state index contributed by atoms with van der Waals surface area (Å²) in [5.41, 5.74) is 2.97. The Kier molecular flexibility index (Phi) is 6.03. The molecule has 0 radical (unpaired) electrons. The van der Waals surface area contributed by atoms with Crippen molar-refractivity contribution in [2.45, 2.75) is 37.3 Å². The highest BCUT2D eigenvalue weighted by molar-refractivity contribution is 5.46. The molecule has 0 N–H and O–H groups in total. The number of rotatable bonds is 8. The molecule has 184 valence electrons. The van der Waals surface area contributed by atoms with Crippen molar-refractivity contribution in [3.8, 4) is 0 Å². The summed E-state index contributed by atoms with van der Waals surface area (Å²) in [6.45, 7) is 4.02. The number of benzene rings is 4. The summed E-state index contributed by atoms with van der Waals surface area (Å²) in [5.74, 6) is 1.52. The van der Waals surface area contributed by atoms with Gasteiger partial charge >= 0.3 is 0 Å². The lowest BCUT2D eigenvalue weighted by molar-refractivity contribution is 0.161. The minimum atomic E-state index is -0.708. The van der Waals surface area contributed by atoms with Crippen LogP contribution in [0, 0.1) is 0 Å². The predicted molar refractivity (Wildman–Crippen MR) is 145 cm³/mol. The maximum atomic E-state index is 6.89. The normalized spacial score (nSPS) is 27.0. The van der Waals surface area contributed by atoms with Gasteiger partial charge in [0.15, 0.2) is 11.2 Å². The van der Waals surface area contributed by atoms with E-state index in [0.717, 1.165) is 33.8 Å². The summed E-state index contributed by atoms with van der Waals surface area (Å²) in [6.07, 6.45) is 3.77. The quantitative estimate of drug-likeness (QED) is 0.186. The largest absolute Gasteiger partial charge is 0.460 e. The van der Waals surface area contributed by atoms with Crippen LogP contribution < -0.4 is 0 Å². The highest BCUT2D eigenvalue weighted by Crippen LogP contribution is 2.65. The van der Waals surface area contributed by atoms with Crippen LogP contribution in [0.5, 0.6) is 0 Å². The zero-order chi connectivity index (χ0) is 25.3. The van der Waals surface area contributed by atoms with Crippen molar-refractivity contribution >= 4 is 0 Å². The van der Waals surface area contributed by atoms with Crippen LogP contribution >= 0.6 is 0 Å². The van der Waals surface area contributed by atoms with Crippen molar-refractivity contribution in [3.05, 3.63) is 167 Å². The molecular formula is C34H30O3. The van der Waals surface area contributed by atoms with Crippen LogP contribution in [0.2, 0.25) is 0 Å². The molecular weight excluding hydrogens is 456 g/mol. The highest BCUT2D eigenvalue weighted by atomic mass is 16.7. The first kappa shape index (κ1) is 23.5. The molecule has 0 bridgehead atoms. The summed E-state index contributed by atoms with van der Waals surface area (Å²) in [5, 5.41) is 0. The Morgan fingerprint density at radius 1 is 0.541 bits per heavy atom. The van der Waals surface area contributed by atoms with Crippen LogP contribution in [0.15, 0.2) is 145 Å². The van der Waals surface area contributed by atoms with E-state index in [1.54, 1.807) is 0 Å². The molecule has 0 saturated carbocycles. The molecule has 6 rings (SSSR count). The fourth-order valence-electron chi connectivity index (χ4n) is 5.45. The summed E-state index contributed by atoms with van der Waals surface area (Å²) < 4.78 is 20.0. The van der Waals surface area contributed by atoms with Gasteiger partial charge in [0.1, 0.15) is 23.7 Å². The van der Waals surface area contributed by atoms with E-state index in [1.807, 2.05) is 98.8 Å². The summed E-state index contributed by atoms with van der Waals surface area (Å²) in [7, 11) is 0. The van der Waals surface area contributed by atoms with Crippen LogP contribution in [0.4, 0.5) is 0 Å². The lowest BCUT2D eigenvalue weighted by Gasteiger charge is -2.24. The lowest BCUT2D eigenvalue weighted by Crippen LogP contribution is -2.22. The third-order valence-corrected chi connectivity index (χ3v) is 7.32. The Hall–Kier alpha value is -3.92. The first-order valence-corrected chi connectivity index (χ1v) is 12.8. The molecule has 2 saturated heterocycles. The van der Waals surface area contributed by atoms with Gasteiger partial charge in [-0.2, -0.15) is 0 Å². The van der Waals surface area contributed by atoms with E-state index in [-0.39, 0.29) is 12.2 Å². The molecule has 4 aromatic carbocycles. The number of hydrogen-bond donors (Lipinski definition) is 0. The molecule has 3 nitrogen and oxygen atoms in total. The van der Waals surface area contributed by atoms with Gasteiger partial charge in [-0.3, -0.25) is 0 Å². The van der Waals surface area contributed by atoms with Gasteiger partial charge in [-0.25, -0.2) is 0 Å². The SMILES string of the molecule is C/C=C(\O/C(=C\C)C1(c2ccccc2)OC1c1ccccc1)C1(c2ccccc2)OC1c1ccccc1. The van der Waals surface area contributed by atoms with E-state index >= 15 is 0 Å². The van der Waals surface area contributed by atoms with Crippen molar-refractivity contribution in [2.24, 2.45) is 0 Å². The molecule has 2 aliphatic heterocycles. The van der Waals surface area contributed by atoms with Gasteiger partial charge in [0, 0.05) is 0 Å².